The molecule has 0 N–H and O–H groups in total. The van der Waals surface area contributed by atoms with Crippen molar-refractivity contribution in [2.45, 2.75) is 6.92 Å². The largest absolute Gasteiger partial charge is 0.465 e. The molecule has 0 unspecified atom stereocenters. The zero-order valence-corrected chi connectivity index (χ0v) is 13.3. The number of para-hydroxylation sites is 1. The van der Waals surface area contributed by atoms with E-state index in [4.69, 9.17) is 4.74 Å². The van der Waals surface area contributed by atoms with Crippen molar-refractivity contribution in [3.8, 4) is 0 Å². The van der Waals surface area contributed by atoms with E-state index in [2.05, 4.69) is 9.47 Å². The fraction of sp³-hybridized carbons (Fsp3) is 0.250. The van der Waals surface area contributed by atoms with Crippen LogP contribution in [0.15, 0.2) is 29.8 Å². The summed E-state index contributed by atoms with van der Waals surface area (Å²) in [6.07, 6.45) is -0.904. The van der Waals surface area contributed by atoms with Crippen LogP contribution in [0.2, 0.25) is 0 Å². The molecule has 8 nitrogen and oxygen atoms in total. The summed E-state index contributed by atoms with van der Waals surface area (Å²) < 4.78 is 14.0. The summed E-state index contributed by atoms with van der Waals surface area (Å²) in [7, 11) is 2.14. The predicted molar refractivity (Wildman–Crippen MR) is 81.9 cm³/mol. The first-order valence-electron chi connectivity index (χ1n) is 6.99. The van der Waals surface area contributed by atoms with Gasteiger partial charge in [-0.3, -0.25) is 4.79 Å². The van der Waals surface area contributed by atoms with Crippen molar-refractivity contribution in [2.75, 3.05) is 25.7 Å². The Bertz CT molecular complexity index is 733. The van der Waals surface area contributed by atoms with Gasteiger partial charge in [0.2, 0.25) is 0 Å². The molecule has 1 heterocycles. The monoisotopic (exact) mass is 333 g/mol. The van der Waals surface area contributed by atoms with Crippen molar-refractivity contribution >= 4 is 35.2 Å². The number of benzene rings is 1. The van der Waals surface area contributed by atoms with Crippen molar-refractivity contribution in [1.82, 2.24) is 0 Å². The van der Waals surface area contributed by atoms with E-state index in [1.54, 1.807) is 19.1 Å². The molecule has 1 aromatic rings. The Hall–Kier alpha value is -3.16. The molecular formula is C16H15NO7. The molecule has 0 saturated heterocycles. The van der Waals surface area contributed by atoms with E-state index >= 15 is 0 Å². The van der Waals surface area contributed by atoms with Gasteiger partial charge < -0.3 is 14.2 Å². The number of ether oxygens (including phenoxy) is 3. The minimum absolute atomic E-state index is 0.0602. The summed E-state index contributed by atoms with van der Waals surface area (Å²) in [5.41, 5.74) is -0.399. The Balaban J connectivity index is 2.73. The maximum Gasteiger partial charge on any atom is 0.421 e. The van der Waals surface area contributed by atoms with Gasteiger partial charge in [0.05, 0.1) is 32.1 Å². The fourth-order valence-corrected chi connectivity index (χ4v) is 2.32. The second-order valence-corrected chi connectivity index (χ2v) is 4.59. The number of anilines is 1. The lowest BCUT2D eigenvalue weighted by Crippen LogP contribution is -2.35. The third-order valence-corrected chi connectivity index (χ3v) is 3.31. The van der Waals surface area contributed by atoms with Crippen molar-refractivity contribution in [3.63, 3.8) is 0 Å². The van der Waals surface area contributed by atoms with E-state index in [1.165, 1.54) is 12.1 Å². The molecule has 2 amide bonds. The molecule has 0 aromatic heterocycles. The predicted octanol–water partition coefficient (Wildman–Crippen LogP) is 1.29. The van der Waals surface area contributed by atoms with E-state index in [0.29, 0.717) is 0 Å². The Kier molecular flexibility index (Phi) is 4.98. The van der Waals surface area contributed by atoms with E-state index < -0.39 is 29.5 Å². The Morgan fingerprint density at radius 1 is 1.04 bits per heavy atom. The molecule has 1 aliphatic rings. The highest BCUT2D eigenvalue weighted by Gasteiger charge is 2.42. The maximum atomic E-state index is 12.7. The summed E-state index contributed by atoms with van der Waals surface area (Å²) in [4.78, 5) is 49.5. The lowest BCUT2D eigenvalue weighted by Gasteiger charge is -2.14. The van der Waals surface area contributed by atoms with Crippen LogP contribution in [0.4, 0.5) is 10.5 Å². The molecule has 0 bridgehead atoms. The number of hydrogen-bond acceptors (Lipinski definition) is 7. The normalized spacial score (nSPS) is 12.5. The fourth-order valence-electron chi connectivity index (χ4n) is 2.32. The molecule has 24 heavy (non-hydrogen) atoms. The number of carbonyl (C=O) groups excluding carboxylic acids is 4. The van der Waals surface area contributed by atoms with Gasteiger partial charge in [-0.2, -0.15) is 0 Å². The van der Waals surface area contributed by atoms with Crippen molar-refractivity contribution in [3.05, 3.63) is 35.4 Å². The standard InChI is InChI=1S/C16H15NO7/c1-4-24-16(21)17-10-8-6-5-7-9(10)11(13(17)18)12(14(19)22-2)15(20)23-3/h5-8H,4H2,1-3H3. The van der Waals surface area contributed by atoms with Gasteiger partial charge in [-0.15, -0.1) is 0 Å². The number of esters is 2. The third-order valence-electron chi connectivity index (χ3n) is 3.31. The average molecular weight is 333 g/mol. The first-order chi connectivity index (χ1) is 11.5. The number of carbonyl (C=O) groups is 4. The second kappa shape index (κ2) is 6.95. The number of methoxy groups -OCH3 is 2. The molecular weight excluding hydrogens is 318 g/mol. The van der Waals surface area contributed by atoms with Gasteiger partial charge in [-0.25, -0.2) is 19.3 Å². The minimum Gasteiger partial charge on any atom is -0.465 e. The molecule has 0 spiro atoms. The summed E-state index contributed by atoms with van der Waals surface area (Å²) in [6, 6.07) is 6.22. The number of imide groups is 1. The van der Waals surface area contributed by atoms with E-state index in [9.17, 15) is 19.2 Å². The SMILES string of the molecule is CCOC(=O)N1C(=O)C(=C(C(=O)OC)C(=O)OC)c2ccccc21. The van der Waals surface area contributed by atoms with Crippen LogP contribution in [0.3, 0.4) is 0 Å². The van der Waals surface area contributed by atoms with Crippen molar-refractivity contribution in [1.29, 1.82) is 0 Å². The van der Waals surface area contributed by atoms with Crippen LogP contribution in [0.1, 0.15) is 12.5 Å². The lowest BCUT2D eigenvalue weighted by atomic mass is 10.0. The Morgan fingerprint density at radius 3 is 2.17 bits per heavy atom. The molecule has 0 atom stereocenters. The number of fused-ring (bicyclic) bond motifs is 1. The first-order valence-corrected chi connectivity index (χ1v) is 6.99. The van der Waals surface area contributed by atoms with Gasteiger partial charge in [-0.05, 0) is 13.0 Å². The molecule has 8 heteroatoms. The number of nitrogens with zero attached hydrogens (tertiary/aromatic N) is 1. The molecule has 2 rings (SSSR count). The molecule has 1 aliphatic heterocycles. The Morgan fingerprint density at radius 2 is 1.62 bits per heavy atom. The van der Waals surface area contributed by atoms with Gasteiger partial charge in [0.15, 0.2) is 5.57 Å². The molecule has 0 fully saturated rings. The van der Waals surface area contributed by atoms with Gasteiger partial charge in [0.25, 0.3) is 5.91 Å². The van der Waals surface area contributed by atoms with Crippen molar-refractivity contribution in [2.24, 2.45) is 0 Å². The molecule has 0 radical (unpaired) electrons. The van der Waals surface area contributed by atoms with Crippen LogP contribution in [-0.2, 0) is 28.6 Å². The van der Waals surface area contributed by atoms with Crippen LogP contribution in [0, 0.1) is 0 Å². The van der Waals surface area contributed by atoms with Crippen LogP contribution in [0.25, 0.3) is 5.57 Å². The third kappa shape index (κ3) is 2.73. The smallest absolute Gasteiger partial charge is 0.421 e. The Labute approximate surface area is 137 Å². The topological polar surface area (TPSA) is 99.2 Å². The zero-order chi connectivity index (χ0) is 17.9. The van der Waals surface area contributed by atoms with Gasteiger partial charge in [0.1, 0.15) is 0 Å². The maximum absolute atomic E-state index is 12.7. The van der Waals surface area contributed by atoms with Crippen LogP contribution >= 0.6 is 0 Å². The zero-order valence-electron chi connectivity index (χ0n) is 13.3. The van der Waals surface area contributed by atoms with E-state index in [1.807, 2.05) is 0 Å². The van der Waals surface area contributed by atoms with Crippen LogP contribution in [0.5, 0.6) is 0 Å². The summed E-state index contributed by atoms with van der Waals surface area (Å²) in [6.45, 7) is 1.65. The van der Waals surface area contributed by atoms with Gasteiger partial charge in [0, 0.05) is 5.56 Å². The molecule has 126 valence electrons. The summed E-state index contributed by atoms with van der Waals surface area (Å²) in [5.74, 6) is -2.93. The lowest BCUT2D eigenvalue weighted by molar-refractivity contribution is -0.144. The minimum atomic E-state index is -1.04. The highest BCUT2D eigenvalue weighted by molar-refractivity contribution is 6.44. The van der Waals surface area contributed by atoms with Gasteiger partial charge in [-0.1, -0.05) is 18.2 Å². The molecule has 0 saturated carbocycles. The number of rotatable bonds is 3. The first kappa shape index (κ1) is 17.2. The van der Waals surface area contributed by atoms with Gasteiger partial charge >= 0.3 is 18.0 Å². The number of hydrogen-bond donors (Lipinski definition) is 0. The van der Waals surface area contributed by atoms with Crippen molar-refractivity contribution < 1.29 is 33.4 Å². The quantitative estimate of drug-likeness (QED) is 0.270. The van der Waals surface area contributed by atoms with Crippen LogP contribution in [-0.4, -0.2) is 44.8 Å². The van der Waals surface area contributed by atoms with Crippen LogP contribution < -0.4 is 4.90 Å². The highest BCUT2D eigenvalue weighted by Crippen LogP contribution is 2.39. The highest BCUT2D eigenvalue weighted by atomic mass is 16.6. The van der Waals surface area contributed by atoms with E-state index in [-0.39, 0.29) is 23.4 Å². The average Bonchev–Trinajstić information content (AvgIpc) is 2.87. The summed E-state index contributed by atoms with van der Waals surface area (Å²) >= 11 is 0. The molecule has 1 aromatic carbocycles. The molecule has 0 aliphatic carbocycles. The summed E-state index contributed by atoms with van der Waals surface area (Å²) in [5, 5.41) is 0. The van der Waals surface area contributed by atoms with E-state index in [0.717, 1.165) is 19.1 Å². The number of amides is 2. The second-order valence-electron chi connectivity index (χ2n) is 4.59.